The van der Waals surface area contributed by atoms with Crippen LogP contribution in [0.15, 0.2) is 36.7 Å². The van der Waals surface area contributed by atoms with Crippen molar-refractivity contribution in [2.24, 2.45) is 0 Å². The maximum atomic E-state index is 12.3. The van der Waals surface area contributed by atoms with Crippen LogP contribution in [-0.4, -0.2) is 45.7 Å². The van der Waals surface area contributed by atoms with Crippen LogP contribution in [0.2, 0.25) is 0 Å². The Balaban J connectivity index is 1.67. The monoisotopic (exact) mass is 363 g/mol. The van der Waals surface area contributed by atoms with Gasteiger partial charge in [-0.05, 0) is 25.1 Å². The first-order chi connectivity index (χ1) is 12.0. The number of carbonyl (C=O) groups excluding carboxylic acids is 1. The Morgan fingerprint density at radius 2 is 2.16 bits per heavy atom. The predicted molar refractivity (Wildman–Crippen MR) is 91.8 cm³/mol. The number of sulfonamides is 1. The van der Waals surface area contributed by atoms with Gasteiger partial charge in [0.25, 0.3) is 0 Å². The molecule has 2 aromatic rings. The second-order valence-corrected chi connectivity index (χ2v) is 8.17. The average molecular weight is 363 g/mol. The van der Waals surface area contributed by atoms with Crippen molar-refractivity contribution >= 4 is 15.9 Å². The zero-order valence-corrected chi connectivity index (χ0v) is 14.8. The van der Waals surface area contributed by atoms with Gasteiger partial charge in [0.2, 0.25) is 15.9 Å². The van der Waals surface area contributed by atoms with Crippen molar-refractivity contribution in [3.8, 4) is 0 Å². The first-order valence-electron chi connectivity index (χ1n) is 8.16. The molecule has 0 aromatic carbocycles. The molecule has 0 saturated carbocycles. The van der Waals surface area contributed by atoms with Crippen LogP contribution in [0.5, 0.6) is 0 Å². The van der Waals surface area contributed by atoms with Crippen LogP contribution in [0.25, 0.3) is 0 Å². The Labute approximate surface area is 146 Å². The number of nitrogens with zero attached hydrogens (tertiary/aromatic N) is 4. The van der Waals surface area contributed by atoms with E-state index in [2.05, 4.69) is 15.4 Å². The number of carbonyl (C=O) groups is 1. The molecule has 0 spiro atoms. The zero-order chi connectivity index (χ0) is 17.9. The summed E-state index contributed by atoms with van der Waals surface area (Å²) >= 11 is 0. The number of hydrogen-bond acceptors (Lipinski definition) is 5. The quantitative estimate of drug-likeness (QED) is 0.814. The van der Waals surface area contributed by atoms with Crippen LogP contribution in [-0.2, 0) is 27.9 Å². The zero-order valence-electron chi connectivity index (χ0n) is 14.0. The molecule has 1 aliphatic heterocycles. The van der Waals surface area contributed by atoms with E-state index in [9.17, 15) is 13.2 Å². The highest BCUT2D eigenvalue weighted by Gasteiger charge is 2.32. The van der Waals surface area contributed by atoms with Gasteiger partial charge in [0.1, 0.15) is 0 Å². The fraction of sp³-hybridized carbons (Fsp3) is 0.438. The molecule has 0 unspecified atom stereocenters. The minimum atomic E-state index is -3.32. The number of aromatic nitrogens is 3. The summed E-state index contributed by atoms with van der Waals surface area (Å²) in [5.74, 6) is -0.118. The van der Waals surface area contributed by atoms with Crippen molar-refractivity contribution < 1.29 is 13.2 Å². The molecule has 1 atom stereocenters. The highest BCUT2D eigenvalue weighted by atomic mass is 32.2. The van der Waals surface area contributed by atoms with Crippen molar-refractivity contribution in [1.29, 1.82) is 0 Å². The summed E-state index contributed by atoms with van der Waals surface area (Å²) in [6.45, 7) is 2.51. The van der Waals surface area contributed by atoms with E-state index in [1.165, 1.54) is 4.31 Å². The van der Waals surface area contributed by atoms with Crippen LogP contribution in [0.3, 0.4) is 0 Å². The van der Waals surface area contributed by atoms with Crippen LogP contribution >= 0.6 is 0 Å². The summed E-state index contributed by atoms with van der Waals surface area (Å²) in [5.41, 5.74) is 1.57. The second-order valence-electron chi connectivity index (χ2n) is 5.92. The van der Waals surface area contributed by atoms with Crippen molar-refractivity contribution in [2.75, 3.05) is 12.3 Å². The maximum absolute atomic E-state index is 12.3. The molecule has 9 heteroatoms. The van der Waals surface area contributed by atoms with Gasteiger partial charge in [0.15, 0.2) is 0 Å². The Hall–Kier alpha value is -2.26. The lowest BCUT2D eigenvalue weighted by Crippen LogP contribution is -2.43. The SMILES string of the molecule is CCS(=O)(=O)N1Cc2ccnn2[C@H](CC(=O)NCc2ccccn2)C1. The van der Waals surface area contributed by atoms with E-state index in [4.69, 9.17) is 0 Å². The average Bonchev–Trinajstić information content (AvgIpc) is 3.10. The molecule has 0 aliphatic carbocycles. The molecule has 2 aromatic heterocycles. The summed E-state index contributed by atoms with van der Waals surface area (Å²) in [5, 5.41) is 7.08. The molecule has 134 valence electrons. The lowest BCUT2D eigenvalue weighted by Gasteiger charge is -2.32. The highest BCUT2D eigenvalue weighted by Crippen LogP contribution is 2.25. The van der Waals surface area contributed by atoms with E-state index in [1.54, 1.807) is 30.1 Å². The normalized spacial score (nSPS) is 17.9. The fourth-order valence-electron chi connectivity index (χ4n) is 2.88. The smallest absolute Gasteiger partial charge is 0.222 e. The molecule has 8 nitrogen and oxygen atoms in total. The number of nitrogens with one attached hydrogen (secondary N) is 1. The van der Waals surface area contributed by atoms with E-state index < -0.39 is 10.0 Å². The van der Waals surface area contributed by atoms with Crippen LogP contribution < -0.4 is 5.32 Å². The predicted octanol–water partition coefficient (Wildman–Crippen LogP) is 0.691. The molecule has 1 aliphatic rings. The molecule has 3 rings (SSSR count). The Bertz CT molecular complexity index is 834. The summed E-state index contributed by atoms with van der Waals surface area (Å²) in [4.78, 5) is 16.5. The third-order valence-corrected chi connectivity index (χ3v) is 6.02. The highest BCUT2D eigenvalue weighted by molar-refractivity contribution is 7.89. The minimum Gasteiger partial charge on any atom is -0.350 e. The third-order valence-electron chi connectivity index (χ3n) is 4.22. The minimum absolute atomic E-state index is 0.0414. The second kappa shape index (κ2) is 7.32. The van der Waals surface area contributed by atoms with Gasteiger partial charge >= 0.3 is 0 Å². The molecule has 0 radical (unpaired) electrons. The summed E-state index contributed by atoms with van der Waals surface area (Å²) < 4.78 is 27.6. The Kier molecular flexibility index (Phi) is 5.14. The number of fused-ring (bicyclic) bond motifs is 1. The van der Waals surface area contributed by atoms with Gasteiger partial charge in [0, 0.05) is 18.9 Å². The maximum Gasteiger partial charge on any atom is 0.222 e. The van der Waals surface area contributed by atoms with Gasteiger partial charge in [-0.1, -0.05) is 6.07 Å². The molecule has 0 fully saturated rings. The Morgan fingerprint density at radius 3 is 2.88 bits per heavy atom. The number of amides is 1. The fourth-order valence-corrected chi connectivity index (χ4v) is 3.97. The van der Waals surface area contributed by atoms with E-state index in [1.807, 2.05) is 18.2 Å². The largest absolute Gasteiger partial charge is 0.350 e. The van der Waals surface area contributed by atoms with Crippen molar-refractivity contribution in [3.63, 3.8) is 0 Å². The van der Waals surface area contributed by atoms with E-state index in [0.29, 0.717) is 13.1 Å². The van der Waals surface area contributed by atoms with Gasteiger partial charge in [-0.25, -0.2) is 8.42 Å². The summed E-state index contributed by atoms with van der Waals surface area (Å²) in [7, 11) is -3.32. The van der Waals surface area contributed by atoms with Crippen LogP contribution in [0.1, 0.15) is 30.8 Å². The van der Waals surface area contributed by atoms with Crippen molar-refractivity contribution in [1.82, 2.24) is 24.4 Å². The molecular weight excluding hydrogens is 342 g/mol. The number of hydrogen-bond donors (Lipinski definition) is 1. The van der Waals surface area contributed by atoms with Gasteiger partial charge < -0.3 is 5.32 Å². The molecule has 1 N–H and O–H groups in total. The summed E-state index contributed by atoms with van der Waals surface area (Å²) in [6.07, 6.45) is 3.47. The van der Waals surface area contributed by atoms with Gasteiger partial charge in [-0.3, -0.25) is 14.5 Å². The molecule has 25 heavy (non-hydrogen) atoms. The lowest BCUT2D eigenvalue weighted by atomic mass is 10.1. The summed E-state index contributed by atoms with van der Waals surface area (Å²) in [6, 6.07) is 6.98. The lowest BCUT2D eigenvalue weighted by molar-refractivity contribution is -0.122. The van der Waals surface area contributed by atoms with Crippen LogP contribution in [0.4, 0.5) is 0 Å². The molecule has 1 amide bonds. The van der Waals surface area contributed by atoms with Crippen LogP contribution in [0, 0.1) is 0 Å². The molecule has 3 heterocycles. The van der Waals surface area contributed by atoms with Gasteiger partial charge in [0.05, 0.1) is 42.7 Å². The van der Waals surface area contributed by atoms with E-state index in [-0.39, 0.29) is 30.7 Å². The van der Waals surface area contributed by atoms with Gasteiger partial charge in [-0.2, -0.15) is 9.40 Å². The van der Waals surface area contributed by atoms with E-state index in [0.717, 1.165) is 11.4 Å². The Morgan fingerprint density at radius 1 is 1.32 bits per heavy atom. The molecular formula is C16H21N5O3S. The topological polar surface area (TPSA) is 97.2 Å². The standard InChI is InChI=1S/C16H21N5O3S/c1-2-25(23,24)20-11-14-6-8-19-21(14)15(12-20)9-16(22)18-10-13-5-3-4-7-17-13/h3-8,15H,2,9-12H2,1H3,(H,18,22)/t15-/m1/s1. The molecule has 0 saturated heterocycles. The van der Waals surface area contributed by atoms with Gasteiger partial charge in [-0.15, -0.1) is 0 Å². The number of rotatable bonds is 6. The molecule has 0 bridgehead atoms. The third kappa shape index (κ3) is 4.05. The first kappa shape index (κ1) is 17.6. The first-order valence-corrected chi connectivity index (χ1v) is 9.77. The van der Waals surface area contributed by atoms with Crippen molar-refractivity contribution in [2.45, 2.75) is 32.5 Å². The van der Waals surface area contributed by atoms with Crippen molar-refractivity contribution in [3.05, 3.63) is 48.0 Å². The van der Waals surface area contributed by atoms with E-state index >= 15 is 0 Å². The number of pyridine rings is 1.